The molecular weight excluding hydrogens is 316 g/mol. The van der Waals surface area contributed by atoms with E-state index in [1.54, 1.807) is 14.0 Å². The van der Waals surface area contributed by atoms with Gasteiger partial charge in [-0.05, 0) is 47.7 Å². The average Bonchev–Trinajstić information content (AvgIpc) is 2.53. The molecule has 0 bridgehead atoms. The molecular formula is C20H26N2O3. The standard InChI is InChI=1S/C20H26N2O3/c1-13(2)12-20(3,19(21)24)22-18(23)10-15-7-5-6-14-8-9-16(25-4)11-17(14)15/h5-9,11,13H,10,12H2,1-4H3,(H2,21,24)(H,22,23). The third-order valence-electron chi connectivity index (χ3n) is 4.31. The van der Waals surface area contributed by atoms with Gasteiger partial charge in [-0.3, -0.25) is 9.59 Å². The van der Waals surface area contributed by atoms with E-state index in [4.69, 9.17) is 10.5 Å². The van der Waals surface area contributed by atoms with Gasteiger partial charge in [0.2, 0.25) is 11.8 Å². The molecule has 0 saturated heterocycles. The zero-order chi connectivity index (χ0) is 18.6. The molecule has 1 unspecified atom stereocenters. The number of nitrogens with two attached hydrogens (primary N) is 1. The number of rotatable bonds is 7. The first kappa shape index (κ1) is 18.8. The number of fused-ring (bicyclic) bond motifs is 1. The van der Waals surface area contributed by atoms with Crippen molar-refractivity contribution in [2.75, 3.05) is 7.11 Å². The zero-order valence-electron chi connectivity index (χ0n) is 15.3. The lowest BCUT2D eigenvalue weighted by atomic mass is 9.89. The van der Waals surface area contributed by atoms with Gasteiger partial charge >= 0.3 is 0 Å². The number of carbonyl (C=O) groups is 2. The molecule has 5 nitrogen and oxygen atoms in total. The molecule has 134 valence electrons. The molecule has 25 heavy (non-hydrogen) atoms. The summed E-state index contributed by atoms with van der Waals surface area (Å²) in [5.41, 5.74) is 5.35. The van der Waals surface area contributed by atoms with Crippen molar-refractivity contribution in [1.29, 1.82) is 0 Å². The highest BCUT2D eigenvalue weighted by Gasteiger charge is 2.33. The zero-order valence-corrected chi connectivity index (χ0v) is 15.3. The van der Waals surface area contributed by atoms with Crippen LogP contribution in [0.3, 0.4) is 0 Å². The summed E-state index contributed by atoms with van der Waals surface area (Å²) in [6.45, 7) is 5.66. The summed E-state index contributed by atoms with van der Waals surface area (Å²) in [6.07, 6.45) is 0.670. The normalized spacial score (nSPS) is 13.5. The van der Waals surface area contributed by atoms with Gasteiger partial charge in [0.05, 0.1) is 13.5 Å². The number of primary amides is 1. The van der Waals surface area contributed by atoms with Crippen LogP contribution in [0.4, 0.5) is 0 Å². The van der Waals surface area contributed by atoms with Crippen molar-refractivity contribution in [3.63, 3.8) is 0 Å². The van der Waals surface area contributed by atoms with Crippen molar-refractivity contribution in [2.24, 2.45) is 11.7 Å². The first-order valence-corrected chi connectivity index (χ1v) is 8.41. The molecule has 2 aromatic rings. The number of ether oxygens (including phenoxy) is 1. The van der Waals surface area contributed by atoms with E-state index in [9.17, 15) is 9.59 Å². The molecule has 0 aliphatic carbocycles. The van der Waals surface area contributed by atoms with Gasteiger partial charge in [-0.15, -0.1) is 0 Å². The van der Waals surface area contributed by atoms with Gasteiger partial charge in [0.25, 0.3) is 0 Å². The van der Waals surface area contributed by atoms with Crippen molar-refractivity contribution < 1.29 is 14.3 Å². The lowest BCUT2D eigenvalue weighted by Crippen LogP contribution is -2.56. The lowest BCUT2D eigenvalue weighted by Gasteiger charge is -2.29. The van der Waals surface area contributed by atoms with E-state index >= 15 is 0 Å². The summed E-state index contributed by atoms with van der Waals surface area (Å²) in [4.78, 5) is 24.4. The van der Waals surface area contributed by atoms with Gasteiger partial charge in [0.1, 0.15) is 11.3 Å². The molecule has 0 aliphatic heterocycles. The van der Waals surface area contributed by atoms with Crippen LogP contribution in [-0.2, 0) is 16.0 Å². The van der Waals surface area contributed by atoms with Crippen molar-refractivity contribution in [3.8, 4) is 5.75 Å². The van der Waals surface area contributed by atoms with Crippen LogP contribution in [0.25, 0.3) is 10.8 Å². The summed E-state index contributed by atoms with van der Waals surface area (Å²) in [6, 6.07) is 11.6. The second-order valence-corrected chi connectivity index (χ2v) is 7.02. The van der Waals surface area contributed by atoms with Gasteiger partial charge in [0, 0.05) is 0 Å². The van der Waals surface area contributed by atoms with Crippen molar-refractivity contribution in [1.82, 2.24) is 5.32 Å². The van der Waals surface area contributed by atoms with Crippen LogP contribution >= 0.6 is 0 Å². The second-order valence-electron chi connectivity index (χ2n) is 7.02. The number of amides is 2. The molecule has 2 aromatic carbocycles. The largest absolute Gasteiger partial charge is 0.497 e. The highest BCUT2D eigenvalue weighted by Crippen LogP contribution is 2.25. The number of methoxy groups -OCH3 is 1. The van der Waals surface area contributed by atoms with Crippen molar-refractivity contribution in [3.05, 3.63) is 42.0 Å². The molecule has 0 aromatic heterocycles. The number of carbonyl (C=O) groups excluding carboxylic acids is 2. The van der Waals surface area contributed by atoms with Gasteiger partial charge in [-0.1, -0.05) is 38.1 Å². The topological polar surface area (TPSA) is 81.4 Å². The predicted molar refractivity (Wildman–Crippen MR) is 99.4 cm³/mol. The maximum absolute atomic E-state index is 12.6. The van der Waals surface area contributed by atoms with Crippen LogP contribution < -0.4 is 15.8 Å². The molecule has 0 saturated carbocycles. The van der Waals surface area contributed by atoms with Crippen LogP contribution in [-0.4, -0.2) is 24.5 Å². The minimum atomic E-state index is -1.05. The first-order chi connectivity index (χ1) is 11.7. The summed E-state index contributed by atoms with van der Waals surface area (Å²) in [5, 5.41) is 4.81. The quantitative estimate of drug-likeness (QED) is 0.812. The highest BCUT2D eigenvalue weighted by molar-refractivity contribution is 5.94. The SMILES string of the molecule is COc1ccc2cccc(CC(=O)NC(C)(CC(C)C)C(N)=O)c2c1. The number of hydrogen-bond acceptors (Lipinski definition) is 3. The van der Waals surface area contributed by atoms with E-state index in [1.165, 1.54) is 0 Å². The van der Waals surface area contributed by atoms with Gasteiger partial charge < -0.3 is 15.8 Å². The van der Waals surface area contributed by atoms with Gasteiger partial charge in [-0.2, -0.15) is 0 Å². The van der Waals surface area contributed by atoms with Crippen molar-refractivity contribution >= 4 is 22.6 Å². The third-order valence-corrected chi connectivity index (χ3v) is 4.31. The maximum Gasteiger partial charge on any atom is 0.242 e. The van der Waals surface area contributed by atoms with Crippen molar-refractivity contribution in [2.45, 2.75) is 39.2 Å². The number of benzene rings is 2. The van der Waals surface area contributed by atoms with E-state index in [-0.39, 0.29) is 18.2 Å². The molecule has 0 spiro atoms. The van der Waals surface area contributed by atoms with Crippen LogP contribution in [0.2, 0.25) is 0 Å². The molecule has 5 heteroatoms. The Kier molecular flexibility index (Phi) is 5.67. The first-order valence-electron chi connectivity index (χ1n) is 8.41. The minimum absolute atomic E-state index is 0.172. The molecule has 0 fully saturated rings. The molecule has 0 aliphatic rings. The Labute approximate surface area is 148 Å². The molecule has 2 amide bonds. The highest BCUT2D eigenvalue weighted by atomic mass is 16.5. The van der Waals surface area contributed by atoms with Gasteiger partial charge in [0.15, 0.2) is 0 Å². The molecule has 2 rings (SSSR count). The van der Waals surface area contributed by atoms with Crippen LogP contribution in [0.15, 0.2) is 36.4 Å². The Balaban J connectivity index is 2.25. The van der Waals surface area contributed by atoms with E-state index in [1.807, 2.05) is 50.2 Å². The maximum atomic E-state index is 12.6. The Morgan fingerprint density at radius 1 is 1.24 bits per heavy atom. The third kappa shape index (κ3) is 4.50. The molecule has 1 atom stereocenters. The van der Waals surface area contributed by atoms with Crippen LogP contribution in [0.1, 0.15) is 32.8 Å². The van der Waals surface area contributed by atoms with E-state index < -0.39 is 11.4 Å². The predicted octanol–water partition coefficient (Wildman–Crippen LogP) is 2.80. The average molecular weight is 342 g/mol. The van der Waals surface area contributed by atoms with Crippen LogP contribution in [0.5, 0.6) is 5.75 Å². The van der Waals surface area contributed by atoms with E-state index in [2.05, 4.69) is 5.32 Å². The number of hydrogen-bond donors (Lipinski definition) is 2. The van der Waals surface area contributed by atoms with E-state index in [0.717, 1.165) is 22.1 Å². The molecule has 0 heterocycles. The molecule has 0 radical (unpaired) electrons. The number of nitrogens with one attached hydrogen (secondary N) is 1. The van der Waals surface area contributed by atoms with E-state index in [0.29, 0.717) is 6.42 Å². The summed E-state index contributed by atoms with van der Waals surface area (Å²) < 4.78 is 5.28. The Morgan fingerprint density at radius 3 is 2.56 bits per heavy atom. The molecule has 3 N–H and O–H groups in total. The van der Waals surface area contributed by atoms with Gasteiger partial charge in [-0.25, -0.2) is 0 Å². The minimum Gasteiger partial charge on any atom is -0.497 e. The fourth-order valence-corrected chi connectivity index (χ4v) is 3.15. The smallest absolute Gasteiger partial charge is 0.242 e. The summed E-state index contributed by atoms with van der Waals surface area (Å²) in [5.74, 6) is 0.230. The Bertz CT molecular complexity index is 786. The second kappa shape index (κ2) is 7.55. The summed E-state index contributed by atoms with van der Waals surface area (Å²) in [7, 11) is 1.61. The fraction of sp³-hybridized carbons (Fsp3) is 0.400. The summed E-state index contributed by atoms with van der Waals surface area (Å²) >= 11 is 0. The Morgan fingerprint density at radius 2 is 1.96 bits per heavy atom. The fourth-order valence-electron chi connectivity index (χ4n) is 3.15. The monoisotopic (exact) mass is 342 g/mol. The van der Waals surface area contributed by atoms with Crippen LogP contribution in [0, 0.1) is 5.92 Å². The lowest BCUT2D eigenvalue weighted by molar-refractivity contribution is -0.131. The Hall–Kier alpha value is -2.56.